The minimum atomic E-state index is -0.626. The van der Waals surface area contributed by atoms with Gasteiger partial charge in [0.25, 0.3) is 5.91 Å². The number of hydrogen-bond acceptors (Lipinski definition) is 4. The first-order valence-corrected chi connectivity index (χ1v) is 8.67. The van der Waals surface area contributed by atoms with E-state index in [1.165, 1.54) is 13.0 Å². The van der Waals surface area contributed by atoms with E-state index in [0.717, 1.165) is 4.90 Å². The van der Waals surface area contributed by atoms with E-state index in [9.17, 15) is 18.8 Å². The lowest BCUT2D eigenvalue weighted by Crippen LogP contribution is -2.39. The third-order valence-corrected chi connectivity index (χ3v) is 4.34. The van der Waals surface area contributed by atoms with Crippen molar-refractivity contribution in [2.75, 3.05) is 16.8 Å². The zero-order chi connectivity index (χ0) is 19.4. The summed E-state index contributed by atoms with van der Waals surface area (Å²) in [6.07, 6.45) is 0.486. The molecule has 3 amide bonds. The zero-order valence-corrected chi connectivity index (χ0v) is 14.9. The maximum absolute atomic E-state index is 13.6. The van der Waals surface area contributed by atoms with Crippen LogP contribution in [-0.4, -0.2) is 30.3 Å². The van der Waals surface area contributed by atoms with Gasteiger partial charge >= 0.3 is 0 Å². The summed E-state index contributed by atoms with van der Waals surface area (Å²) >= 11 is 0. The summed E-state index contributed by atoms with van der Waals surface area (Å²) < 4.78 is 13.6. The topological polar surface area (TPSA) is 78.5 Å². The van der Waals surface area contributed by atoms with Crippen molar-refractivity contribution in [2.45, 2.75) is 25.8 Å². The van der Waals surface area contributed by atoms with Crippen LogP contribution in [0, 0.1) is 5.82 Å². The van der Waals surface area contributed by atoms with E-state index in [1.807, 2.05) is 0 Å². The van der Waals surface area contributed by atoms with Crippen LogP contribution < -0.4 is 15.5 Å². The molecule has 0 aromatic heterocycles. The largest absolute Gasteiger partial charge is 0.326 e. The van der Waals surface area contributed by atoms with Gasteiger partial charge in [0.2, 0.25) is 11.8 Å². The summed E-state index contributed by atoms with van der Waals surface area (Å²) in [4.78, 5) is 37.1. The smallest absolute Gasteiger partial charge is 0.251 e. The predicted molar refractivity (Wildman–Crippen MR) is 99.8 cm³/mol. The molecule has 2 N–H and O–H groups in total. The number of carbonyl (C=O) groups is 3. The molecule has 1 aliphatic rings. The minimum Gasteiger partial charge on any atom is -0.326 e. The SMILES string of the molecule is CC(=O)Nc1ccc(N2C(=O)C[C@H](NCCc3ccccc3F)C2=O)cc1. The summed E-state index contributed by atoms with van der Waals surface area (Å²) in [6.45, 7) is 1.79. The van der Waals surface area contributed by atoms with Crippen LogP contribution in [0.25, 0.3) is 0 Å². The number of rotatable bonds is 6. The average Bonchev–Trinajstić information content (AvgIpc) is 2.91. The molecule has 2 aromatic carbocycles. The molecule has 0 unspecified atom stereocenters. The predicted octanol–water partition coefficient (Wildman–Crippen LogP) is 2.25. The highest BCUT2D eigenvalue weighted by molar-refractivity contribution is 6.22. The molecule has 2 aromatic rings. The van der Waals surface area contributed by atoms with Gasteiger partial charge < -0.3 is 10.6 Å². The Morgan fingerprint density at radius 2 is 1.85 bits per heavy atom. The molecule has 1 heterocycles. The molecule has 7 heteroatoms. The Morgan fingerprint density at radius 3 is 2.52 bits per heavy atom. The van der Waals surface area contributed by atoms with Crippen LogP contribution in [-0.2, 0) is 20.8 Å². The number of carbonyl (C=O) groups excluding carboxylic acids is 3. The Bertz CT molecular complexity index is 867. The van der Waals surface area contributed by atoms with Crippen LogP contribution in [0.3, 0.4) is 0 Å². The second-order valence-corrected chi connectivity index (χ2v) is 6.35. The highest BCUT2D eigenvalue weighted by atomic mass is 19.1. The summed E-state index contributed by atoms with van der Waals surface area (Å²) in [5.41, 5.74) is 1.61. The van der Waals surface area contributed by atoms with Crippen molar-refractivity contribution in [1.29, 1.82) is 0 Å². The molecular formula is C20H20FN3O3. The molecule has 3 rings (SSSR count). The Labute approximate surface area is 156 Å². The number of nitrogens with one attached hydrogen (secondary N) is 2. The van der Waals surface area contributed by atoms with Crippen LogP contribution in [0.1, 0.15) is 18.9 Å². The highest BCUT2D eigenvalue weighted by Crippen LogP contribution is 2.24. The van der Waals surface area contributed by atoms with Crippen molar-refractivity contribution < 1.29 is 18.8 Å². The molecule has 0 radical (unpaired) electrons. The third-order valence-electron chi connectivity index (χ3n) is 4.34. The molecular weight excluding hydrogens is 349 g/mol. The Morgan fingerprint density at radius 1 is 1.15 bits per heavy atom. The number of amides is 3. The fourth-order valence-electron chi connectivity index (χ4n) is 3.04. The summed E-state index contributed by atoms with van der Waals surface area (Å²) in [5, 5.41) is 5.67. The highest BCUT2D eigenvalue weighted by Gasteiger charge is 2.39. The molecule has 0 bridgehead atoms. The van der Waals surface area contributed by atoms with Gasteiger partial charge in [-0.25, -0.2) is 9.29 Å². The van der Waals surface area contributed by atoms with E-state index in [2.05, 4.69) is 10.6 Å². The molecule has 1 fully saturated rings. The van der Waals surface area contributed by atoms with E-state index in [1.54, 1.807) is 42.5 Å². The van der Waals surface area contributed by atoms with Crippen molar-refractivity contribution in [2.24, 2.45) is 0 Å². The van der Waals surface area contributed by atoms with Gasteiger partial charge in [-0.3, -0.25) is 14.4 Å². The molecule has 1 saturated heterocycles. The van der Waals surface area contributed by atoms with E-state index in [-0.39, 0.29) is 30.0 Å². The number of imide groups is 1. The lowest BCUT2D eigenvalue weighted by Gasteiger charge is -2.16. The standard InChI is InChI=1S/C20H20FN3O3/c1-13(25)23-15-6-8-16(9-7-15)24-19(26)12-18(20(24)27)22-11-10-14-4-2-3-5-17(14)21/h2-9,18,22H,10-12H2,1H3,(H,23,25)/t18-/m0/s1. The van der Waals surface area contributed by atoms with Crippen LogP contribution in [0.4, 0.5) is 15.8 Å². The number of hydrogen-bond donors (Lipinski definition) is 2. The maximum Gasteiger partial charge on any atom is 0.251 e. The van der Waals surface area contributed by atoms with Crippen molar-refractivity contribution in [1.82, 2.24) is 5.32 Å². The molecule has 6 nitrogen and oxygen atoms in total. The van der Waals surface area contributed by atoms with Gasteiger partial charge in [0, 0.05) is 19.2 Å². The van der Waals surface area contributed by atoms with Gasteiger partial charge in [-0.05, 0) is 42.3 Å². The van der Waals surface area contributed by atoms with Crippen LogP contribution >= 0.6 is 0 Å². The molecule has 140 valence electrons. The molecule has 1 atom stereocenters. The van der Waals surface area contributed by atoms with Crippen molar-refractivity contribution >= 4 is 29.1 Å². The first-order valence-electron chi connectivity index (χ1n) is 8.67. The van der Waals surface area contributed by atoms with Gasteiger partial charge in [0.15, 0.2) is 0 Å². The number of benzene rings is 2. The average molecular weight is 369 g/mol. The van der Waals surface area contributed by atoms with Gasteiger partial charge in [0.05, 0.1) is 18.2 Å². The fourth-order valence-corrected chi connectivity index (χ4v) is 3.04. The third kappa shape index (κ3) is 4.38. The second kappa shape index (κ2) is 8.09. The quantitative estimate of drug-likeness (QED) is 0.766. The molecule has 1 aliphatic heterocycles. The number of anilines is 2. The zero-order valence-electron chi connectivity index (χ0n) is 14.9. The second-order valence-electron chi connectivity index (χ2n) is 6.35. The van der Waals surface area contributed by atoms with Crippen molar-refractivity contribution in [3.8, 4) is 0 Å². The van der Waals surface area contributed by atoms with E-state index >= 15 is 0 Å². The monoisotopic (exact) mass is 369 g/mol. The molecule has 27 heavy (non-hydrogen) atoms. The first-order chi connectivity index (χ1) is 13.0. The number of halogens is 1. The van der Waals surface area contributed by atoms with E-state index in [0.29, 0.717) is 29.9 Å². The van der Waals surface area contributed by atoms with Crippen molar-refractivity contribution in [3.05, 3.63) is 59.9 Å². The van der Waals surface area contributed by atoms with Crippen LogP contribution in [0.5, 0.6) is 0 Å². The maximum atomic E-state index is 13.6. The van der Waals surface area contributed by atoms with E-state index < -0.39 is 6.04 Å². The number of nitrogens with zero attached hydrogens (tertiary/aromatic N) is 1. The molecule has 0 aliphatic carbocycles. The van der Waals surface area contributed by atoms with Gasteiger partial charge in [-0.1, -0.05) is 18.2 Å². The Kier molecular flexibility index (Phi) is 5.61. The molecule has 0 spiro atoms. The van der Waals surface area contributed by atoms with Crippen molar-refractivity contribution in [3.63, 3.8) is 0 Å². The fraction of sp³-hybridized carbons (Fsp3) is 0.250. The summed E-state index contributed by atoms with van der Waals surface area (Å²) in [5.74, 6) is -1.11. The van der Waals surface area contributed by atoms with Gasteiger partial charge in [0.1, 0.15) is 5.82 Å². The lowest BCUT2D eigenvalue weighted by atomic mass is 10.1. The Hall–Kier alpha value is -3.06. The van der Waals surface area contributed by atoms with Crippen LogP contribution in [0.2, 0.25) is 0 Å². The van der Waals surface area contributed by atoms with Gasteiger partial charge in [-0.15, -0.1) is 0 Å². The van der Waals surface area contributed by atoms with Crippen LogP contribution in [0.15, 0.2) is 48.5 Å². The van der Waals surface area contributed by atoms with Gasteiger partial charge in [-0.2, -0.15) is 0 Å². The van der Waals surface area contributed by atoms with E-state index in [4.69, 9.17) is 0 Å². The lowest BCUT2D eigenvalue weighted by molar-refractivity contribution is -0.121. The Balaban J connectivity index is 1.61. The summed E-state index contributed by atoms with van der Waals surface area (Å²) in [6, 6.07) is 12.3. The molecule has 0 saturated carbocycles. The summed E-state index contributed by atoms with van der Waals surface area (Å²) in [7, 11) is 0. The normalized spacial score (nSPS) is 16.7. The minimum absolute atomic E-state index is 0.0591. The first kappa shape index (κ1) is 18.7.